The van der Waals surface area contributed by atoms with Gasteiger partial charge >= 0.3 is 17.9 Å². The fourth-order valence-electron chi connectivity index (χ4n) is 2.40. The lowest BCUT2D eigenvalue weighted by Crippen LogP contribution is -2.55. The van der Waals surface area contributed by atoms with Crippen LogP contribution in [0.25, 0.3) is 0 Å². The van der Waals surface area contributed by atoms with Crippen LogP contribution in [0, 0.1) is 0 Å². The zero-order chi connectivity index (χ0) is 17.0. The summed E-state index contributed by atoms with van der Waals surface area (Å²) in [5, 5.41) is 0. The molecular weight excluding hydrogens is 308 g/mol. The first kappa shape index (κ1) is 16.9. The van der Waals surface area contributed by atoms with Gasteiger partial charge in [-0.3, -0.25) is 14.4 Å². The second kappa shape index (κ2) is 7.23. The number of carbonyl (C=O) groups is 3. The molecular formula is C14H18N2O7. The molecule has 0 bridgehead atoms. The van der Waals surface area contributed by atoms with E-state index in [1.165, 1.54) is 33.3 Å². The molecule has 9 heteroatoms. The van der Waals surface area contributed by atoms with Gasteiger partial charge in [0.25, 0.3) is 0 Å². The maximum absolute atomic E-state index is 11.4. The zero-order valence-electron chi connectivity index (χ0n) is 13.0. The monoisotopic (exact) mass is 326 g/mol. The molecule has 1 fully saturated rings. The Hall–Kier alpha value is -2.42. The summed E-state index contributed by atoms with van der Waals surface area (Å²) in [4.78, 5) is 38.0. The largest absolute Gasteiger partial charge is 0.456 e. The van der Waals surface area contributed by atoms with E-state index in [9.17, 15) is 14.4 Å². The Morgan fingerprint density at radius 3 is 2.17 bits per heavy atom. The molecule has 4 atom stereocenters. The van der Waals surface area contributed by atoms with Crippen molar-refractivity contribution in [2.75, 3.05) is 6.61 Å². The van der Waals surface area contributed by atoms with E-state index in [0.29, 0.717) is 0 Å². The van der Waals surface area contributed by atoms with Gasteiger partial charge in [0.2, 0.25) is 0 Å². The summed E-state index contributed by atoms with van der Waals surface area (Å²) < 4.78 is 22.9. The van der Waals surface area contributed by atoms with Crippen molar-refractivity contribution in [2.24, 2.45) is 0 Å². The van der Waals surface area contributed by atoms with Crippen LogP contribution in [0.3, 0.4) is 0 Å². The Balaban J connectivity index is 2.31. The summed E-state index contributed by atoms with van der Waals surface area (Å²) in [7, 11) is 0. The fraction of sp³-hybridized carbons (Fsp3) is 0.571. The van der Waals surface area contributed by atoms with Gasteiger partial charge in [-0.2, -0.15) is 0 Å². The highest BCUT2D eigenvalue weighted by Gasteiger charge is 2.47. The molecule has 2 heterocycles. The number of imidazole rings is 1. The molecule has 1 saturated heterocycles. The average molecular weight is 326 g/mol. The lowest BCUT2D eigenvalue weighted by Gasteiger charge is -2.40. The van der Waals surface area contributed by atoms with Crippen LogP contribution in [0.15, 0.2) is 18.7 Å². The first-order chi connectivity index (χ1) is 10.9. The van der Waals surface area contributed by atoms with Gasteiger partial charge in [-0.25, -0.2) is 4.98 Å². The van der Waals surface area contributed by atoms with Crippen LogP contribution < -0.4 is 0 Å². The molecule has 0 radical (unpaired) electrons. The summed E-state index contributed by atoms with van der Waals surface area (Å²) in [6, 6.07) is 0. The van der Waals surface area contributed by atoms with Crippen LogP contribution in [-0.2, 0) is 33.3 Å². The standard InChI is InChI=1S/C14H18N2O7/c1-8(17)21-11-6-20-14(16-5-4-15-7-16)13(23-10(3)19)12(11)22-9(2)18/h4-5,7,11-14H,6H2,1-3H3/t11-,12+,13+,14+/m1/s1. The highest BCUT2D eigenvalue weighted by atomic mass is 16.6. The van der Waals surface area contributed by atoms with Crippen molar-refractivity contribution in [2.45, 2.75) is 45.3 Å². The van der Waals surface area contributed by atoms with Gasteiger partial charge in [0, 0.05) is 33.2 Å². The zero-order valence-corrected chi connectivity index (χ0v) is 13.0. The molecule has 9 nitrogen and oxygen atoms in total. The Labute approximate surface area is 132 Å². The number of rotatable bonds is 4. The Bertz CT molecular complexity index is 572. The van der Waals surface area contributed by atoms with Gasteiger partial charge in [0.05, 0.1) is 12.9 Å². The number of nitrogens with zero attached hydrogens (tertiary/aromatic N) is 2. The van der Waals surface area contributed by atoms with Gasteiger partial charge < -0.3 is 23.5 Å². The van der Waals surface area contributed by atoms with Crippen LogP contribution in [0.4, 0.5) is 0 Å². The second-order valence-electron chi connectivity index (χ2n) is 5.03. The van der Waals surface area contributed by atoms with Crippen LogP contribution in [0.2, 0.25) is 0 Å². The minimum absolute atomic E-state index is 0.0157. The first-order valence-corrected chi connectivity index (χ1v) is 6.99. The molecule has 0 unspecified atom stereocenters. The number of aromatic nitrogens is 2. The third-order valence-corrected chi connectivity index (χ3v) is 3.14. The predicted molar refractivity (Wildman–Crippen MR) is 73.9 cm³/mol. The lowest BCUT2D eigenvalue weighted by atomic mass is 10.0. The summed E-state index contributed by atoms with van der Waals surface area (Å²) in [5.74, 6) is -1.72. The normalized spacial score (nSPS) is 27.1. The first-order valence-electron chi connectivity index (χ1n) is 6.99. The smallest absolute Gasteiger partial charge is 0.303 e. The molecule has 0 N–H and O–H groups in total. The molecule has 2 rings (SSSR count). The molecule has 0 aliphatic carbocycles. The van der Waals surface area contributed by atoms with Gasteiger partial charge in [0.1, 0.15) is 0 Å². The van der Waals surface area contributed by atoms with Gasteiger partial charge in [-0.05, 0) is 0 Å². The minimum Gasteiger partial charge on any atom is -0.456 e. The molecule has 1 aliphatic heterocycles. The SMILES string of the molecule is CC(=O)O[C@@H]1[C@H](OC(C)=O)[C@@H](n2ccnc2)OC[C@H]1OC(C)=O. The quantitative estimate of drug-likeness (QED) is 0.571. The number of hydrogen-bond donors (Lipinski definition) is 0. The van der Waals surface area contributed by atoms with Gasteiger partial charge in [-0.1, -0.05) is 0 Å². The maximum Gasteiger partial charge on any atom is 0.303 e. The van der Waals surface area contributed by atoms with E-state index in [-0.39, 0.29) is 6.61 Å². The highest BCUT2D eigenvalue weighted by Crippen LogP contribution is 2.30. The van der Waals surface area contributed by atoms with Crippen molar-refractivity contribution >= 4 is 17.9 Å². The third-order valence-electron chi connectivity index (χ3n) is 3.14. The van der Waals surface area contributed by atoms with E-state index in [4.69, 9.17) is 18.9 Å². The molecule has 1 aliphatic rings. The van der Waals surface area contributed by atoms with E-state index in [1.807, 2.05) is 0 Å². The van der Waals surface area contributed by atoms with Gasteiger partial charge in [-0.15, -0.1) is 0 Å². The van der Waals surface area contributed by atoms with Crippen molar-refractivity contribution in [1.29, 1.82) is 0 Å². The Kier molecular flexibility index (Phi) is 5.32. The summed E-state index contributed by atoms with van der Waals surface area (Å²) in [5.41, 5.74) is 0. The van der Waals surface area contributed by atoms with Crippen molar-refractivity contribution in [3.8, 4) is 0 Å². The van der Waals surface area contributed by atoms with Gasteiger partial charge in [0.15, 0.2) is 24.5 Å². The van der Waals surface area contributed by atoms with E-state index in [1.54, 1.807) is 10.8 Å². The number of hydrogen-bond acceptors (Lipinski definition) is 8. The number of ether oxygens (including phenoxy) is 4. The lowest BCUT2D eigenvalue weighted by molar-refractivity contribution is -0.239. The van der Waals surface area contributed by atoms with E-state index < -0.39 is 42.4 Å². The molecule has 1 aromatic heterocycles. The Morgan fingerprint density at radius 2 is 1.65 bits per heavy atom. The molecule has 0 saturated carbocycles. The summed E-state index contributed by atoms with van der Waals surface area (Å²) in [6.45, 7) is 3.66. The van der Waals surface area contributed by atoms with Crippen molar-refractivity contribution in [3.63, 3.8) is 0 Å². The average Bonchev–Trinajstić information content (AvgIpc) is 2.94. The molecule has 126 valence electrons. The van der Waals surface area contributed by atoms with E-state index in [2.05, 4.69) is 4.98 Å². The predicted octanol–water partition coefficient (Wildman–Crippen LogP) is 0.207. The molecule has 0 spiro atoms. The van der Waals surface area contributed by atoms with E-state index in [0.717, 1.165) is 0 Å². The summed E-state index contributed by atoms with van der Waals surface area (Å²) in [6.07, 6.45) is 1.05. The molecule has 23 heavy (non-hydrogen) atoms. The van der Waals surface area contributed by atoms with Crippen LogP contribution >= 0.6 is 0 Å². The second-order valence-corrected chi connectivity index (χ2v) is 5.03. The molecule has 0 amide bonds. The van der Waals surface area contributed by atoms with Crippen molar-refractivity contribution in [3.05, 3.63) is 18.7 Å². The topological polar surface area (TPSA) is 106 Å². The highest BCUT2D eigenvalue weighted by molar-refractivity contribution is 5.68. The number of carbonyl (C=O) groups excluding carboxylic acids is 3. The fourth-order valence-corrected chi connectivity index (χ4v) is 2.40. The number of esters is 3. The van der Waals surface area contributed by atoms with Crippen molar-refractivity contribution in [1.82, 2.24) is 9.55 Å². The Morgan fingerprint density at radius 1 is 1.04 bits per heavy atom. The summed E-state index contributed by atoms with van der Waals surface area (Å²) >= 11 is 0. The minimum atomic E-state index is -0.985. The van der Waals surface area contributed by atoms with Crippen LogP contribution in [0.1, 0.15) is 27.0 Å². The third kappa shape index (κ3) is 4.28. The van der Waals surface area contributed by atoms with E-state index >= 15 is 0 Å². The maximum atomic E-state index is 11.4. The molecule has 1 aromatic rings. The van der Waals surface area contributed by atoms with Crippen molar-refractivity contribution < 1.29 is 33.3 Å². The molecule has 0 aromatic carbocycles. The van der Waals surface area contributed by atoms with Crippen LogP contribution in [0.5, 0.6) is 0 Å². The van der Waals surface area contributed by atoms with Crippen LogP contribution in [-0.4, -0.2) is 52.4 Å².